The summed E-state index contributed by atoms with van der Waals surface area (Å²) < 4.78 is 7.40. The fourth-order valence-corrected chi connectivity index (χ4v) is 2.96. The van der Waals surface area contributed by atoms with Gasteiger partial charge in [0.2, 0.25) is 0 Å². The third-order valence-corrected chi connectivity index (χ3v) is 4.01. The zero-order valence-corrected chi connectivity index (χ0v) is 11.8. The van der Waals surface area contributed by atoms with Crippen molar-refractivity contribution in [2.75, 3.05) is 19.7 Å². The molecule has 1 amide bonds. The Morgan fingerprint density at radius 2 is 2.00 bits per heavy atom. The van der Waals surface area contributed by atoms with Crippen LogP contribution < -0.4 is 0 Å². The van der Waals surface area contributed by atoms with Crippen molar-refractivity contribution in [3.8, 4) is 0 Å². The van der Waals surface area contributed by atoms with Crippen LogP contribution in [0.3, 0.4) is 0 Å². The highest BCUT2D eigenvalue weighted by Crippen LogP contribution is 2.27. The van der Waals surface area contributed by atoms with E-state index in [1.807, 2.05) is 11.8 Å². The Kier molecular flexibility index (Phi) is 3.63. The number of amides is 1. The maximum absolute atomic E-state index is 11.7. The average Bonchev–Trinajstić information content (AvgIpc) is 2.92. The number of nitrogens with zero attached hydrogens (tertiary/aromatic N) is 2. The molecule has 1 fully saturated rings. The van der Waals surface area contributed by atoms with Gasteiger partial charge in [-0.05, 0) is 37.3 Å². The summed E-state index contributed by atoms with van der Waals surface area (Å²) in [6.07, 6.45) is 3.95. The Bertz CT molecular complexity index is 597. The van der Waals surface area contributed by atoms with E-state index in [9.17, 15) is 4.79 Å². The zero-order chi connectivity index (χ0) is 13.9. The molecule has 4 nitrogen and oxygen atoms in total. The highest BCUT2D eigenvalue weighted by molar-refractivity contribution is 5.80. The summed E-state index contributed by atoms with van der Waals surface area (Å²) in [6, 6.07) is 11.1. The first-order chi connectivity index (χ1) is 9.79. The standard InChI is InChI=1S/C16H20N2O2/c1-2-20-16(19)17-10-8-14(9-11-17)18-12-7-13-5-3-4-6-15(13)18/h3-7,12,14H,2,8-11H2,1H3. The molecule has 1 aliphatic rings. The van der Waals surface area contributed by atoms with Gasteiger partial charge in [-0.1, -0.05) is 18.2 Å². The minimum Gasteiger partial charge on any atom is -0.450 e. The van der Waals surface area contributed by atoms with Crippen LogP contribution in [0.25, 0.3) is 10.9 Å². The number of ether oxygens (including phenoxy) is 1. The van der Waals surface area contributed by atoms with Gasteiger partial charge in [0.05, 0.1) is 6.61 Å². The smallest absolute Gasteiger partial charge is 0.409 e. The van der Waals surface area contributed by atoms with Gasteiger partial charge in [0.25, 0.3) is 0 Å². The number of aromatic nitrogens is 1. The summed E-state index contributed by atoms with van der Waals surface area (Å²) in [5, 5.41) is 1.28. The van der Waals surface area contributed by atoms with Crippen molar-refractivity contribution in [3.05, 3.63) is 36.5 Å². The first kappa shape index (κ1) is 13.0. The van der Waals surface area contributed by atoms with Crippen LogP contribution >= 0.6 is 0 Å². The number of hydrogen-bond acceptors (Lipinski definition) is 2. The highest BCUT2D eigenvalue weighted by Gasteiger charge is 2.24. The SMILES string of the molecule is CCOC(=O)N1CCC(n2ccc3ccccc32)CC1. The van der Waals surface area contributed by atoms with Crippen molar-refractivity contribution in [1.29, 1.82) is 0 Å². The van der Waals surface area contributed by atoms with E-state index in [0.717, 1.165) is 25.9 Å². The summed E-state index contributed by atoms with van der Waals surface area (Å²) >= 11 is 0. The first-order valence-electron chi connectivity index (χ1n) is 7.27. The van der Waals surface area contributed by atoms with Crippen molar-refractivity contribution in [3.63, 3.8) is 0 Å². The molecule has 0 aliphatic carbocycles. The zero-order valence-electron chi connectivity index (χ0n) is 11.8. The molecule has 1 aliphatic heterocycles. The van der Waals surface area contributed by atoms with Crippen LogP contribution in [0.1, 0.15) is 25.8 Å². The third kappa shape index (κ3) is 2.38. The number of fused-ring (bicyclic) bond motifs is 1. The maximum atomic E-state index is 11.7. The monoisotopic (exact) mass is 272 g/mol. The van der Waals surface area contributed by atoms with E-state index in [1.54, 1.807) is 0 Å². The molecule has 0 unspecified atom stereocenters. The van der Waals surface area contributed by atoms with Gasteiger partial charge in [-0.2, -0.15) is 0 Å². The summed E-state index contributed by atoms with van der Waals surface area (Å²) in [5.74, 6) is 0. The second-order valence-electron chi connectivity index (χ2n) is 5.20. The van der Waals surface area contributed by atoms with E-state index < -0.39 is 0 Å². The topological polar surface area (TPSA) is 34.5 Å². The molecule has 1 aromatic heterocycles. The molecule has 1 saturated heterocycles. The molecular weight excluding hydrogens is 252 g/mol. The first-order valence-corrected chi connectivity index (χ1v) is 7.27. The second-order valence-corrected chi connectivity index (χ2v) is 5.20. The van der Waals surface area contributed by atoms with E-state index in [0.29, 0.717) is 12.6 Å². The van der Waals surface area contributed by atoms with Gasteiger partial charge in [0, 0.05) is 30.8 Å². The summed E-state index contributed by atoms with van der Waals surface area (Å²) in [4.78, 5) is 13.5. The van der Waals surface area contributed by atoms with Gasteiger partial charge >= 0.3 is 6.09 Å². The van der Waals surface area contributed by atoms with Crippen molar-refractivity contribution in [2.24, 2.45) is 0 Å². The average molecular weight is 272 g/mol. The number of carbonyl (C=O) groups is 1. The van der Waals surface area contributed by atoms with Crippen molar-refractivity contribution < 1.29 is 9.53 Å². The molecule has 20 heavy (non-hydrogen) atoms. The Balaban J connectivity index is 1.70. The second kappa shape index (κ2) is 5.57. The fourth-order valence-electron chi connectivity index (χ4n) is 2.96. The van der Waals surface area contributed by atoms with Gasteiger partial charge in [-0.25, -0.2) is 4.79 Å². The molecule has 2 heterocycles. The summed E-state index contributed by atoms with van der Waals surface area (Å²) in [6.45, 7) is 3.84. The minimum absolute atomic E-state index is 0.177. The number of para-hydroxylation sites is 1. The number of likely N-dealkylation sites (tertiary alicyclic amines) is 1. The van der Waals surface area contributed by atoms with Crippen LogP contribution in [0.15, 0.2) is 36.5 Å². The van der Waals surface area contributed by atoms with E-state index >= 15 is 0 Å². The van der Waals surface area contributed by atoms with Crippen LogP contribution in [0.5, 0.6) is 0 Å². The van der Waals surface area contributed by atoms with Gasteiger partial charge < -0.3 is 14.2 Å². The van der Waals surface area contributed by atoms with Gasteiger partial charge in [-0.15, -0.1) is 0 Å². The Morgan fingerprint density at radius 1 is 1.25 bits per heavy atom. The third-order valence-electron chi connectivity index (χ3n) is 4.01. The van der Waals surface area contributed by atoms with Crippen molar-refractivity contribution in [2.45, 2.75) is 25.8 Å². The largest absolute Gasteiger partial charge is 0.450 e. The Hall–Kier alpha value is -1.97. The van der Waals surface area contributed by atoms with Crippen LogP contribution in [0.2, 0.25) is 0 Å². The fraction of sp³-hybridized carbons (Fsp3) is 0.438. The minimum atomic E-state index is -0.177. The van der Waals surface area contributed by atoms with Crippen LogP contribution in [-0.4, -0.2) is 35.3 Å². The number of hydrogen-bond donors (Lipinski definition) is 0. The molecule has 1 aromatic carbocycles. The van der Waals surface area contributed by atoms with E-state index in [1.165, 1.54) is 10.9 Å². The number of piperidine rings is 1. The molecule has 0 spiro atoms. The van der Waals surface area contributed by atoms with Crippen molar-refractivity contribution >= 4 is 17.0 Å². The summed E-state index contributed by atoms with van der Waals surface area (Å²) in [7, 11) is 0. The Labute approximate surface area is 118 Å². The van der Waals surface area contributed by atoms with E-state index in [4.69, 9.17) is 4.74 Å². The van der Waals surface area contributed by atoms with Gasteiger partial charge in [-0.3, -0.25) is 0 Å². The molecular formula is C16H20N2O2. The predicted octanol–water partition coefficient (Wildman–Crippen LogP) is 3.43. The number of rotatable bonds is 2. The molecule has 0 saturated carbocycles. The van der Waals surface area contributed by atoms with Gasteiger partial charge in [0.15, 0.2) is 0 Å². The molecule has 0 atom stereocenters. The molecule has 0 bridgehead atoms. The lowest BCUT2D eigenvalue weighted by atomic mass is 10.1. The van der Waals surface area contributed by atoms with E-state index in [2.05, 4.69) is 41.1 Å². The highest BCUT2D eigenvalue weighted by atomic mass is 16.6. The van der Waals surface area contributed by atoms with Gasteiger partial charge in [0.1, 0.15) is 0 Å². The molecule has 0 radical (unpaired) electrons. The number of carbonyl (C=O) groups excluding carboxylic acids is 1. The van der Waals surface area contributed by atoms with Crippen LogP contribution in [0.4, 0.5) is 4.79 Å². The normalized spacial score (nSPS) is 16.6. The lowest BCUT2D eigenvalue weighted by Crippen LogP contribution is -2.39. The lowest BCUT2D eigenvalue weighted by molar-refractivity contribution is 0.0930. The van der Waals surface area contributed by atoms with Crippen molar-refractivity contribution in [1.82, 2.24) is 9.47 Å². The molecule has 106 valence electrons. The number of benzene rings is 1. The predicted molar refractivity (Wildman–Crippen MR) is 78.8 cm³/mol. The van der Waals surface area contributed by atoms with Crippen LogP contribution in [-0.2, 0) is 4.74 Å². The summed E-state index contributed by atoms with van der Waals surface area (Å²) in [5.41, 5.74) is 1.28. The molecule has 0 N–H and O–H groups in total. The molecule has 4 heteroatoms. The molecule has 3 rings (SSSR count). The van der Waals surface area contributed by atoms with Crippen LogP contribution in [0, 0.1) is 0 Å². The quantitative estimate of drug-likeness (QED) is 0.839. The maximum Gasteiger partial charge on any atom is 0.409 e. The molecule has 2 aromatic rings. The van der Waals surface area contributed by atoms with E-state index in [-0.39, 0.29) is 6.09 Å². The lowest BCUT2D eigenvalue weighted by Gasteiger charge is -2.32. The Morgan fingerprint density at radius 3 is 2.75 bits per heavy atom.